The normalized spacial score (nSPS) is 19.9. The first kappa shape index (κ1) is 13.7. The van der Waals surface area contributed by atoms with Crippen LogP contribution >= 0.6 is 23.4 Å². The Balaban J connectivity index is 2.27. The Kier molecular flexibility index (Phi) is 4.54. The molecule has 0 unspecified atom stereocenters. The third-order valence-electron chi connectivity index (χ3n) is 3.17. The number of rotatable bonds is 2. The molecule has 1 aliphatic heterocycles. The summed E-state index contributed by atoms with van der Waals surface area (Å²) in [6.45, 7) is 4.47. The SMILES string of the molecule is CSc1ccc(Cl)c(C(=O)N2CCNC[C@@H]2C)c1. The highest BCUT2D eigenvalue weighted by atomic mass is 35.5. The standard InChI is InChI=1S/C13H17ClN2OS/c1-9-8-15-5-6-16(9)13(17)11-7-10(18-2)3-4-12(11)14/h3-4,7,9,15H,5-6,8H2,1-2H3/t9-/m0/s1. The number of nitrogens with one attached hydrogen (secondary N) is 1. The Morgan fingerprint density at radius 1 is 1.56 bits per heavy atom. The maximum absolute atomic E-state index is 12.5. The lowest BCUT2D eigenvalue weighted by Crippen LogP contribution is -2.52. The molecule has 18 heavy (non-hydrogen) atoms. The van der Waals surface area contributed by atoms with E-state index in [-0.39, 0.29) is 11.9 Å². The lowest BCUT2D eigenvalue weighted by Gasteiger charge is -2.34. The van der Waals surface area contributed by atoms with Crippen LogP contribution in [-0.4, -0.2) is 42.7 Å². The Hall–Kier alpha value is -0.710. The first-order valence-electron chi connectivity index (χ1n) is 5.98. The van der Waals surface area contributed by atoms with Gasteiger partial charge < -0.3 is 10.2 Å². The predicted molar refractivity (Wildman–Crippen MR) is 76.6 cm³/mol. The van der Waals surface area contributed by atoms with Gasteiger partial charge in [-0.15, -0.1) is 11.8 Å². The maximum atomic E-state index is 12.5. The van der Waals surface area contributed by atoms with Gasteiger partial charge in [0.2, 0.25) is 0 Å². The van der Waals surface area contributed by atoms with Crippen molar-refractivity contribution in [3.8, 4) is 0 Å². The molecule has 0 bridgehead atoms. The predicted octanol–water partition coefficient (Wildman–Crippen LogP) is 2.50. The van der Waals surface area contributed by atoms with Gasteiger partial charge >= 0.3 is 0 Å². The van der Waals surface area contributed by atoms with E-state index < -0.39 is 0 Å². The number of halogens is 1. The van der Waals surface area contributed by atoms with E-state index >= 15 is 0 Å². The number of hydrogen-bond donors (Lipinski definition) is 1. The molecule has 0 aromatic heterocycles. The van der Waals surface area contributed by atoms with Gasteiger partial charge in [-0.2, -0.15) is 0 Å². The molecule has 0 spiro atoms. The molecule has 1 aromatic rings. The lowest BCUT2D eigenvalue weighted by molar-refractivity contribution is 0.0655. The Labute approximate surface area is 117 Å². The molecule has 1 heterocycles. The van der Waals surface area contributed by atoms with Gasteiger partial charge in [-0.3, -0.25) is 4.79 Å². The molecule has 0 saturated carbocycles. The quantitative estimate of drug-likeness (QED) is 0.847. The van der Waals surface area contributed by atoms with Crippen molar-refractivity contribution in [3.63, 3.8) is 0 Å². The van der Waals surface area contributed by atoms with Gasteiger partial charge in [0.15, 0.2) is 0 Å². The van der Waals surface area contributed by atoms with Crippen molar-refractivity contribution < 1.29 is 4.79 Å². The third-order valence-corrected chi connectivity index (χ3v) is 4.22. The molecule has 1 aliphatic rings. The Morgan fingerprint density at radius 3 is 3.00 bits per heavy atom. The van der Waals surface area contributed by atoms with Crippen LogP contribution in [0.1, 0.15) is 17.3 Å². The molecular formula is C13H17ClN2OS. The summed E-state index contributed by atoms with van der Waals surface area (Å²) < 4.78 is 0. The van der Waals surface area contributed by atoms with Crippen LogP contribution < -0.4 is 5.32 Å². The zero-order valence-corrected chi connectivity index (χ0v) is 12.1. The zero-order chi connectivity index (χ0) is 13.1. The molecule has 5 heteroatoms. The van der Waals surface area contributed by atoms with E-state index in [0.717, 1.165) is 24.5 Å². The summed E-state index contributed by atoms with van der Waals surface area (Å²) in [6.07, 6.45) is 1.99. The van der Waals surface area contributed by atoms with Crippen LogP contribution in [0.3, 0.4) is 0 Å². The smallest absolute Gasteiger partial charge is 0.255 e. The van der Waals surface area contributed by atoms with Crippen molar-refractivity contribution in [2.45, 2.75) is 17.9 Å². The molecule has 1 atom stereocenters. The molecule has 0 radical (unpaired) electrons. The van der Waals surface area contributed by atoms with Crippen molar-refractivity contribution in [1.29, 1.82) is 0 Å². The number of carbonyl (C=O) groups excluding carboxylic acids is 1. The fourth-order valence-electron chi connectivity index (χ4n) is 2.09. The van der Waals surface area contributed by atoms with E-state index in [1.165, 1.54) is 0 Å². The van der Waals surface area contributed by atoms with Gasteiger partial charge in [0, 0.05) is 30.6 Å². The van der Waals surface area contributed by atoms with E-state index in [1.807, 2.05) is 23.3 Å². The molecular weight excluding hydrogens is 268 g/mol. The fourth-order valence-corrected chi connectivity index (χ4v) is 2.73. The summed E-state index contributed by atoms with van der Waals surface area (Å²) in [4.78, 5) is 15.5. The molecule has 2 rings (SSSR count). The van der Waals surface area contributed by atoms with Crippen molar-refractivity contribution >= 4 is 29.3 Å². The van der Waals surface area contributed by atoms with E-state index in [9.17, 15) is 4.79 Å². The highest BCUT2D eigenvalue weighted by molar-refractivity contribution is 7.98. The van der Waals surface area contributed by atoms with Crippen LogP contribution in [0.2, 0.25) is 5.02 Å². The highest BCUT2D eigenvalue weighted by Gasteiger charge is 2.25. The van der Waals surface area contributed by atoms with E-state index in [0.29, 0.717) is 10.6 Å². The number of carbonyl (C=O) groups is 1. The summed E-state index contributed by atoms with van der Waals surface area (Å²) in [5, 5.41) is 3.81. The van der Waals surface area contributed by atoms with E-state index in [4.69, 9.17) is 11.6 Å². The Morgan fingerprint density at radius 2 is 2.33 bits per heavy atom. The summed E-state index contributed by atoms with van der Waals surface area (Å²) in [7, 11) is 0. The fraction of sp³-hybridized carbons (Fsp3) is 0.462. The van der Waals surface area contributed by atoms with Gasteiger partial charge in [0.1, 0.15) is 0 Å². The second-order valence-electron chi connectivity index (χ2n) is 4.40. The topological polar surface area (TPSA) is 32.3 Å². The monoisotopic (exact) mass is 284 g/mol. The van der Waals surface area contributed by atoms with Crippen LogP contribution in [0.5, 0.6) is 0 Å². The molecule has 1 fully saturated rings. The van der Waals surface area contributed by atoms with Crippen molar-refractivity contribution in [1.82, 2.24) is 10.2 Å². The average molecular weight is 285 g/mol. The zero-order valence-electron chi connectivity index (χ0n) is 10.6. The van der Waals surface area contributed by atoms with E-state index in [2.05, 4.69) is 12.2 Å². The summed E-state index contributed by atoms with van der Waals surface area (Å²) in [5.74, 6) is 0.0323. The summed E-state index contributed by atoms with van der Waals surface area (Å²) in [6, 6.07) is 5.82. The minimum atomic E-state index is 0.0323. The minimum absolute atomic E-state index is 0.0323. The van der Waals surface area contributed by atoms with Gasteiger partial charge in [-0.25, -0.2) is 0 Å². The van der Waals surface area contributed by atoms with Gasteiger partial charge in [0.25, 0.3) is 5.91 Å². The van der Waals surface area contributed by atoms with Gasteiger partial charge in [0.05, 0.1) is 10.6 Å². The van der Waals surface area contributed by atoms with Crippen LogP contribution in [0.25, 0.3) is 0 Å². The molecule has 98 valence electrons. The van der Waals surface area contributed by atoms with Gasteiger partial charge in [-0.1, -0.05) is 11.6 Å². The van der Waals surface area contributed by atoms with Crippen molar-refractivity contribution in [2.75, 3.05) is 25.9 Å². The molecule has 1 N–H and O–H groups in total. The molecule has 1 saturated heterocycles. The Bertz CT molecular complexity index is 453. The number of piperazine rings is 1. The van der Waals surface area contributed by atoms with Crippen LogP contribution in [-0.2, 0) is 0 Å². The summed E-state index contributed by atoms with van der Waals surface area (Å²) >= 11 is 7.76. The number of benzene rings is 1. The molecule has 3 nitrogen and oxygen atoms in total. The number of nitrogens with zero attached hydrogens (tertiary/aromatic N) is 1. The molecule has 1 amide bonds. The van der Waals surface area contributed by atoms with Crippen LogP contribution in [0, 0.1) is 0 Å². The lowest BCUT2D eigenvalue weighted by atomic mass is 10.1. The van der Waals surface area contributed by atoms with E-state index in [1.54, 1.807) is 17.8 Å². The molecule has 1 aromatic carbocycles. The second kappa shape index (κ2) is 5.95. The van der Waals surface area contributed by atoms with Gasteiger partial charge in [-0.05, 0) is 31.4 Å². The largest absolute Gasteiger partial charge is 0.333 e. The van der Waals surface area contributed by atoms with Crippen molar-refractivity contribution in [2.24, 2.45) is 0 Å². The van der Waals surface area contributed by atoms with Crippen molar-refractivity contribution in [3.05, 3.63) is 28.8 Å². The van der Waals surface area contributed by atoms with Crippen LogP contribution in [0.4, 0.5) is 0 Å². The summed E-state index contributed by atoms with van der Waals surface area (Å²) in [5.41, 5.74) is 0.609. The number of hydrogen-bond acceptors (Lipinski definition) is 3. The maximum Gasteiger partial charge on any atom is 0.255 e. The van der Waals surface area contributed by atoms with Crippen LogP contribution in [0.15, 0.2) is 23.1 Å². The molecule has 0 aliphatic carbocycles. The number of amides is 1. The minimum Gasteiger partial charge on any atom is -0.333 e. The number of thioether (sulfide) groups is 1. The highest BCUT2D eigenvalue weighted by Crippen LogP contribution is 2.25. The first-order valence-corrected chi connectivity index (χ1v) is 7.59. The first-order chi connectivity index (χ1) is 8.63. The second-order valence-corrected chi connectivity index (χ2v) is 5.68. The third kappa shape index (κ3) is 2.82. The average Bonchev–Trinajstić information content (AvgIpc) is 2.39.